The van der Waals surface area contributed by atoms with E-state index < -0.39 is 0 Å². The summed E-state index contributed by atoms with van der Waals surface area (Å²) in [6.45, 7) is 5.15. The topological polar surface area (TPSA) is 41.1 Å². The second-order valence-corrected chi connectivity index (χ2v) is 5.64. The fraction of sp³-hybridized carbons (Fsp3) is 0.562. The molecule has 2 unspecified atom stereocenters. The molecule has 0 radical (unpaired) electrons. The van der Waals surface area contributed by atoms with Crippen LogP contribution in [0.4, 0.5) is 0 Å². The van der Waals surface area contributed by atoms with Gasteiger partial charge in [0.25, 0.3) is 0 Å². The van der Waals surface area contributed by atoms with E-state index in [0.717, 1.165) is 19.4 Å². The first kappa shape index (κ1) is 14.1. The average Bonchev–Trinajstić information content (AvgIpc) is 3.15. The van der Waals surface area contributed by atoms with Crippen molar-refractivity contribution in [3.05, 3.63) is 35.9 Å². The number of carbonyl (C=O) groups is 1. The van der Waals surface area contributed by atoms with Crippen LogP contribution >= 0.6 is 0 Å². The van der Waals surface area contributed by atoms with Gasteiger partial charge in [0.05, 0.1) is 0 Å². The molecule has 1 amide bonds. The highest BCUT2D eigenvalue weighted by molar-refractivity contribution is 5.76. The fourth-order valence-electron chi connectivity index (χ4n) is 2.34. The zero-order chi connectivity index (χ0) is 13.7. The lowest BCUT2D eigenvalue weighted by atomic mass is 10.1. The normalized spacial score (nSPS) is 21.4. The molecule has 0 bridgehead atoms. The predicted molar refractivity (Wildman–Crippen MR) is 78.1 cm³/mol. The van der Waals surface area contributed by atoms with E-state index in [4.69, 9.17) is 0 Å². The van der Waals surface area contributed by atoms with Gasteiger partial charge in [0.2, 0.25) is 5.91 Å². The average molecular weight is 260 g/mol. The van der Waals surface area contributed by atoms with Gasteiger partial charge in [-0.05, 0) is 24.9 Å². The molecule has 1 fully saturated rings. The molecule has 1 aromatic carbocycles. The third kappa shape index (κ3) is 4.67. The Bertz CT molecular complexity index is 402. The van der Waals surface area contributed by atoms with Crippen LogP contribution in [0.25, 0.3) is 0 Å². The van der Waals surface area contributed by atoms with Crippen molar-refractivity contribution >= 4 is 5.91 Å². The number of hydrogen-bond acceptors (Lipinski definition) is 2. The Morgan fingerprint density at radius 2 is 2.05 bits per heavy atom. The number of hydrogen-bond donors (Lipinski definition) is 2. The van der Waals surface area contributed by atoms with Crippen LogP contribution < -0.4 is 10.6 Å². The Morgan fingerprint density at radius 1 is 1.32 bits per heavy atom. The lowest BCUT2D eigenvalue weighted by Gasteiger charge is -2.08. The minimum Gasteiger partial charge on any atom is -0.353 e. The molecule has 1 aliphatic rings. The Morgan fingerprint density at radius 3 is 2.74 bits per heavy atom. The van der Waals surface area contributed by atoms with Crippen molar-refractivity contribution in [2.45, 2.75) is 51.1 Å². The number of rotatable bonds is 7. The van der Waals surface area contributed by atoms with Crippen LogP contribution in [0.15, 0.2) is 30.3 Å². The van der Waals surface area contributed by atoms with Gasteiger partial charge in [0.15, 0.2) is 0 Å². The SMILES string of the molecule is CC(C)NCCCC(=O)NC1CC1c1ccccc1. The maximum atomic E-state index is 11.8. The van der Waals surface area contributed by atoms with E-state index in [1.165, 1.54) is 5.56 Å². The molecule has 0 spiro atoms. The van der Waals surface area contributed by atoms with E-state index in [9.17, 15) is 4.79 Å². The van der Waals surface area contributed by atoms with E-state index in [1.54, 1.807) is 0 Å². The van der Waals surface area contributed by atoms with Crippen LogP contribution in [-0.2, 0) is 4.79 Å². The van der Waals surface area contributed by atoms with Crippen LogP contribution in [0, 0.1) is 0 Å². The van der Waals surface area contributed by atoms with Gasteiger partial charge in [0.1, 0.15) is 0 Å². The molecular formula is C16H24N2O. The van der Waals surface area contributed by atoms with Gasteiger partial charge in [-0.25, -0.2) is 0 Å². The van der Waals surface area contributed by atoms with Gasteiger partial charge in [-0.15, -0.1) is 0 Å². The summed E-state index contributed by atoms with van der Waals surface area (Å²) in [6.07, 6.45) is 2.62. The van der Waals surface area contributed by atoms with Gasteiger partial charge < -0.3 is 10.6 Å². The molecule has 3 heteroatoms. The summed E-state index contributed by atoms with van der Waals surface area (Å²) in [5.41, 5.74) is 1.34. The quantitative estimate of drug-likeness (QED) is 0.739. The predicted octanol–water partition coefficient (Wildman–Crippen LogP) is 2.44. The Labute approximate surface area is 115 Å². The molecule has 0 aliphatic heterocycles. The highest BCUT2D eigenvalue weighted by Gasteiger charge is 2.39. The largest absolute Gasteiger partial charge is 0.353 e. The molecule has 0 saturated heterocycles. The van der Waals surface area contributed by atoms with Gasteiger partial charge in [-0.1, -0.05) is 44.2 Å². The molecule has 1 aromatic rings. The number of carbonyl (C=O) groups excluding carboxylic acids is 1. The smallest absolute Gasteiger partial charge is 0.220 e. The van der Waals surface area contributed by atoms with E-state index in [2.05, 4.69) is 48.7 Å². The minimum atomic E-state index is 0.189. The Balaban J connectivity index is 1.63. The molecule has 2 rings (SSSR count). The van der Waals surface area contributed by atoms with E-state index in [-0.39, 0.29) is 5.91 Å². The second kappa shape index (κ2) is 6.71. The Kier molecular flexibility index (Phi) is 4.97. The highest BCUT2D eigenvalue weighted by Crippen LogP contribution is 2.40. The summed E-state index contributed by atoms with van der Waals surface area (Å²) < 4.78 is 0. The minimum absolute atomic E-state index is 0.189. The zero-order valence-corrected chi connectivity index (χ0v) is 11.9. The van der Waals surface area contributed by atoms with Crippen LogP contribution in [0.1, 0.15) is 44.6 Å². The molecule has 1 aliphatic carbocycles. The van der Waals surface area contributed by atoms with Gasteiger partial charge in [0, 0.05) is 24.4 Å². The van der Waals surface area contributed by atoms with E-state index >= 15 is 0 Å². The lowest BCUT2D eigenvalue weighted by molar-refractivity contribution is -0.121. The fourth-order valence-corrected chi connectivity index (χ4v) is 2.34. The van der Waals surface area contributed by atoms with E-state index in [0.29, 0.717) is 24.4 Å². The monoisotopic (exact) mass is 260 g/mol. The van der Waals surface area contributed by atoms with Crippen molar-refractivity contribution in [2.75, 3.05) is 6.54 Å². The highest BCUT2D eigenvalue weighted by atomic mass is 16.1. The summed E-state index contributed by atoms with van der Waals surface area (Å²) in [4.78, 5) is 11.8. The molecule has 0 heterocycles. The van der Waals surface area contributed by atoms with Crippen LogP contribution in [-0.4, -0.2) is 24.5 Å². The van der Waals surface area contributed by atoms with Gasteiger partial charge >= 0.3 is 0 Å². The first-order valence-electron chi connectivity index (χ1n) is 7.24. The molecule has 3 nitrogen and oxygen atoms in total. The summed E-state index contributed by atoms with van der Waals surface area (Å²) in [6, 6.07) is 11.3. The van der Waals surface area contributed by atoms with Crippen molar-refractivity contribution in [1.82, 2.24) is 10.6 Å². The summed E-state index contributed by atoms with van der Waals surface area (Å²) in [7, 11) is 0. The number of amides is 1. The van der Waals surface area contributed by atoms with Crippen molar-refractivity contribution in [2.24, 2.45) is 0 Å². The lowest BCUT2D eigenvalue weighted by Crippen LogP contribution is -2.28. The first-order chi connectivity index (χ1) is 9.16. The van der Waals surface area contributed by atoms with E-state index in [1.807, 2.05) is 6.07 Å². The van der Waals surface area contributed by atoms with Gasteiger partial charge in [-0.3, -0.25) is 4.79 Å². The summed E-state index contributed by atoms with van der Waals surface area (Å²) in [5.74, 6) is 0.716. The van der Waals surface area contributed by atoms with Crippen LogP contribution in [0.5, 0.6) is 0 Å². The summed E-state index contributed by atoms with van der Waals surface area (Å²) >= 11 is 0. The van der Waals surface area contributed by atoms with Crippen molar-refractivity contribution < 1.29 is 4.79 Å². The van der Waals surface area contributed by atoms with Crippen LogP contribution in [0.3, 0.4) is 0 Å². The van der Waals surface area contributed by atoms with Crippen LogP contribution in [0.2, 0.25) is 0 Å². The number of benzene rings is 1. The first-order valence-corrected chi connectivity index (χ1v) is 7.24. The maximum absolute atomic E-state index is 11.8. The van der Waals surface area contributed by atoms with Gasteiger partial charge in [-0.2, -0.15) is 0 Å². The maximum Gasteiger partial charge on any atom is 0.220 e. The summed E-state index contributed by atoms with van der Waals surface area (Å²) in [5, 5.41) is 6.45. The molecule has 0 aromatic heterocycles. The standard InChI is InChI=1S/C16H24N2O/c1-12(2)17-10-6-9-16(19)18-15-11-14(15)13-7-4-3-5-8-13/h3-5,7-8,12,14-15,17H,6,9-11H2,1-2H3,(H,18,19). The zero-order valence-electron chi connectivity index (χ0n) is 11.9. The number of nitrogens with one attached hydrogen (secondary N) is 2. The van der Waals surface area contributed by atoms with Crippen molar-refractivity contribution in [3.8, 4) is 0 Å². The second-order valence-electron chi connectivity index (χ2n) is 5.64. The molecular weight excluding hydrogens is 236 g/mol. The van der Waals surface area contributed by atoms with Crippen molar-refractivity contribution in [1.29, 1.82) is 0 Å². The molecule has 104 valence electrons. The third-order valence-electron chi connectivity index (χ3n) is 3.50. The Hall–Kier alpha value is -1.35. The van der Waals surface area contributed by atoms with Crippen molar-refractivity contribution in [3.63, 3.8) is 0 Å². The molecule has 1 saturated carbocycles. The molecule has 19 heavy (non-hydrogen) atoms. The molecule has 2 atom stereocenters. The third-order valence-corrected chi connectivity index (χ3v) is 3.50. The molecule has 2 N–H and O–H groups in total.